The molecule has 1 aromatic carbocycles. The number of nitrogens with zero attached hydrogens (tertiary/aromatic N) is 1. The lowest BCUT2D eigenvalue weighted by Gasteiger charge is -2.19. The van der Waals surface area contributed by atoms with Gasteiger partial charge in [-0.05, 0) is 23.6 Å². The first-order chi connectivity index (χ1) is 9.32. The van der Waals surface area contributed by atoms with Gasteiger partial charge in [0.05, 0.1) is 12.0 Å². The van der Waals surface area contributed by atoms with E-state index in [1.54, 1.807) is 31.2 Å². The van der Waals surface area contributed by atoms with Crippen LogP contribution in [0.4, 0.5) is 0 Å². The summed E-state index contributed by atoms with van der Waals surface area (Å²) in [4.78, 5) is 11.5. The number of ether oxygens (including phenoxy) is 1. The summed E-state index contributed by atoms with van der Waals surface area (Å²) in [7, 11) is -2.43. The molecule has 0 amide bonds. The average molecular weight is 299 g/mol. The smallest absolute Gasteiger partial charge is 0.321 e. The molecule has 0 radical (unpaired) electrons. The van der Waals surface area contributed by atoms with Crippen LogP contribution in [0.15, 0.2) is 29.2 Å². The van der Waals surface area contributed by atoms with Crippen molar-refractivity contribution in [2.45, 2.75) is 31.6 Å². The van der Waals surface area contributed by atoms with Crippen molar-refractivity contribution in [3.63, 3.8) is 0 Å². The van der Waals surface area contributed by atoms with Crippen LogP contribution in [0.25, 0.3) is 0 Å². The third-order valence-corrected chi connectivity index (χ3v) is 5.01. The third-order valence-electron chi connectivity index (χ3n) is 3.07. The lowest BCUT2D eigenvalue weighted by atomic mass is 10.0. The number of hydrogen-bond acceptors (Lipinski definition) is 4. The number of rotatable bonds is 6. The zero-order valence-electron chi connectivity index (χ0n) is 12.3. The van der Waals surface area contributed by atoms with Crippen molar-refractivity contribution in [1.82, 2.24) is 4.31 Å². The zero-order chi connectivity index (χ0) is 15.3. The average Bonchev–Trinajstić information content (AvgIpc) is 2.44. The number of likely N-dealkylation sites (N-methyl/N-ethyl adjacent to an activating group) is 1. The van der Waals surface area contributed by atoms with Gasteiger partial charge in [-0.2, -0.15) is 4.31 Å². The molecule has 0 N–H and O–H groups in total. The topological polar surface area (TPSA) is 63.7 Å². The summed E-state index contributed by atoms with van der Waals surface area (Å²) >= 11 is 0. The first-order valence-corrected chi connectivity index (χ1v) is 7.93. The number of hydrogen-bond donors (Lipinski definition) is 0. The van der Waals surface area contributed by atoms with Gasteiger partial charge >= 0.3 is 5.97 Å². The summed E-state index contributed by atoms with van der Waals surface area (Å²) < 4.78 is 30.4. The van der Waals surface area contributed by atoms with Gasteiger partial charge in [0.2, 0.25) is 10.0 Å². The van der Waals surface area contributed by atoms with Gasteiger partial charge in [-0.3, -0.25) is 4.79 Å². The molecule has 1 aromatic rings. The molecule has 0 aliphatic heterocycles. The minimum atomic E-state index is -3.67. The molecule has 0 unspecified atom stereocenters. The molecule has 112 valence electrons. The first-order valence-electron chi connectivity index (χ1n) is 6.49. The maximum Gasteiger partial charge on any atom is 0.321 e. The van der Waals surface area contributed by atoms with Gasteiger partial charge in [0.1, 0.15) is 6.54 Å². The lowest BCUT2D eigenvalue weighted by Crippen LogP contribution is -2.36. The van der Waals surface area contributed by atoms with Crippen LogP contribution >= 0.6 is 0 Å². The van der Waals surface area contributed by atoms with Crippen LogP contribution in [0.3, 0.4) is 0 Å². The third kappa shape index (κ3) is 3.80. The SMILES string of the molecule is CCN(CC(=O)OC)S(=O)(=O)c1ccc(C(C)C)cc1. The van der Waals surface area contributed by atoms with Crippen LogP contribution in [0, 0.1) is 0 Å². The summed E-state index contributed by atoms with van der Waals surface area (Å²) in [6.07, 6.45) is 0. The molecule has 0 fully saturated rings. The molecule has 0 aromatic heterocycles. The molecular formula is C14H21NO4S. The van der Waals surface area contributed by atoms with E-state index in [-0.39, 0.29) is 18.0 Å². The van der Waals surface area contributed by atoms with E-state index in [1.165, 1.54) is 7.11 Å². The molecular weight excluding hydrogens is 278 g/mol. The Morgan fingerprint density at radius 2 is 1.80 bits per heavy atom. The zero-order valence-corrected chi connectivity index (χ0v) is 13.1. The van der Waals surface area contributed by atoms with E-state index in [0.717, 1.165) is 9.87 Å². The standard InChI is InChI=1S/C14H21NO4S/c1-5-15(10-14(16)19-4)20(17,18)13-8-6-12(7-9-13)11(2)3/h6-9,11H,5,10H2,1-4H3. The van der Waals surface area contributed by atoms with E-state index in [0.29, 0.717) is 5.92 Å². The van der Waals surface area contributed by atoms with Crippen molar-refractivity contribution < 1.29 is 17.9 Å². The van der Waals surface area contributed by atoms with E-state index in [2.05, 4.69) is 4.74 Å². The lowest BCUT2D eigenvalue weighted by molar-refractivity contribution is -0.140. The van der Waals surface area contributed by atoms with Crippen LogP contribution in [0.1, 0.15) is 32.3 Å². The minimum Gasteiger partial charge on any atom is -0.468 e. The molecule has 0 saturated carbocycles. The molecule has 0 aliphatic carbocycles. The summed E-state index contributed by atoms with van der Waals surface area (Å²) in [5, 5.41) is 0. The van der Waals surface area contributed by atoms with Crippen molar-refractivity contribution in [3.8, 4) is 0 Å². The number of benzene rings is 1. The fraction of sp³-hybridized carbons (Fsp3) is 0.500. The predicted molar refractivity (Wildman–Crippen MR) is 77.0 cm³/mol. The number of methoxy groups -OCH3 is 1. The van der Waals surface area contributed by atoms with Crippen LogP contribution < -0.4 is 0 Å². The Hall–Kier alpha value is -1.40. The van der Waals surface area contributed by atoms with Crippen molar-refractivity contribution in [1.29, 1.82) is 0 Å². The molecule has 0 saturated heterocycles. The van der Waals surface area contributed by atoms with E-state index >= 15 is 0 Å². The molecule has 6 heteroatoms. The first kappa shape index (κ1) is 16.7. The molecule has 20 heavy (non-hydrogen) atoms. The Morgan fingerprint density at radius 1 is 1.25 bits per heavy atom. The second-order valence-electron chi connectivity index (χ2n) is 4.73. The minimum absolute atomic E-state index is 0.188. The number of esters is 1. The molecule has 0 heterocycles. The normalized spacial score (nSPS) is 11.9. The fourth-order valence-corrected chi connectivity index (χ4v) is 3.14. The molecule has 0 spiro atoms. The second kappa shape index (κ2) is 6.85. The Labute approximate surface area is 120 Å². The second-order valence-corrected chi connectivity index (χ2v) is 6.67. The quantitative estimate of drug-likeness (QED) is 0.754. The van der Waals surface area contributed by atoms with Crippen molar-refractivity contribution >= 4 is 16.0 Å². The van der Waals surface area contributed by atoms with Gasteiger partial charge in [-0.1, -0.05) is 32.9 Å². The van der Waals surface area contributed by atoms with E-state index in [1.807, 2.05) is 13.8 Å². The molecule has 0 aliphatic rings. The molecule has 1 rings (SSSR count). The summed E-state index contributed by atoms with van der Waals surface area (Å²) in [5.74, 6) is -0.238. The van der Waals surface area contributed by atoms with Crippen LogP contribution in [-0.4, -0.2) is 38.9 Å². The monoisotopic (exact) mass is 299 g/mol. The van der Waals surface area contributed by atoms with Gasteiger partial charge in [0, 0.05) is 6.54 Å². The van der Waals surface area contributed by atoms with Gasteiger partial charge in [-0.25, -0.2) is 8.42 Å². The highest BCUT2D eigenvalue weighted by Gasteiger charge is 2.25. The summed E-state index contributed by atoms with van der Waals surface area (Å²) in [6.45, 7) is 5.70. The van der Waals surface area contributed by atoms with Crippen LogP contribution in [0.2, 0.25) is 0 Å². The van der Waals surface area contributed by atoms with Crippen molar-refractivity contribution in [3.05, 3.63) is 29.8 Å². The maximum atomic E-state index is 12.4. The fourth-order valence-electron chi connectivity index (χ4n) is 1.75. The largest absolute Gasteiger partial charge is 0.468 e. The summed E-state index contributed by atoms with van der Waals surface area (Å²) in [6, 6.07) is 6.74. The van der Waals surface area contributed by atoms with Crippen LogP contribution in [-0.2, 0) is 19.6 Å². The number of carbonyl (C=O) groups is 1. The maximum absolute atomic E-state index is 12.4. The predicted octanol–water partition coefficient (Wildman–Crippen LogP) is 1.99. The Morgan fingerprint density at radius 3 is 2.20 bits per heavy atom. The highest BCUT2D eigenvalue weighted by Crippen LogP contribution is 2.20. The number of sulfonamides is 1. The molecule has 0 bridgehead atoms. The van der Waals surface area contributed by atoms with Gasteiger partial charge < -0.3 is 4.74 Å². The van der Waals surface area contributed by atoms with Crippen molar-refractivity contribution in [2.75, 3.05) is 20.2 Å². The highest BCUT2D eigenvalue weighted by molar-refractivity contribution is 7.89. The molecule has 5 nitrogen and oxygen atoms in total. The van der Waals surface area contributed by atoms with Gasteiger partial charge in [0.25, 0.3) is 0 Å². The number of carbonyl (C=O) groups excluding carboxylic acids is 1. The Kier molecular flexibility index (Phi) is 5.71. The molecule has 0 atom stereocenters. The highest BCUT2D eigenvalue weighted by atomic mass is 32.2. The van der Waals surface area contributed by atoms with Crippen molar-refractivity contribution in [2.24, 2.45) is 0 Å². The van der Waals surface area contributed by atoms with Gasteiger partial charge in [0.15, 0.2) is 0 Å². The van der Waals surface area contributed by atoms with E-state index < -0.39 is 16.0 Å². The van der Waals surface area contributed by atoms with E-state index in [9.17, 15) is 13.2 Å². The summed E-state index contributed by atoms with van der Waals surface area (Å²) in [5.41, 5.74) is 1.07. The van der Waals surface area contributed by atoms with Gasteiger partial charge in [-0.15, -0.1) is 0 Å². The Balaban J connectivity index is 3.04. The van der Waals surface area contributed by atoms with E-state index in [4.69, 9.17) is 0 Å². The van der Waals surface area contributed by atoms with Crippen LogP contribution in [0.5, 0.6) is 0 Å². The Bertz CT molecular complexity index is 549.